The quantitative estimate of drug-likeness (QED) is 0.176. The number of benzene rings is 8. The van der Waals surface area contributed by atoms with Gasteiger partial charge in [0, 0.05) is 38.6 Å². The fraction of sp³-hybridized carbons (Fsp3) is 0.0943. The zero-order chi connectivity index (χ0) is 36.0. The second-order valence-corrected chi connectivity index (χ2v) is 15.0. The van der Waals surface area contributed by atoms with E-state index >= 15 is 0 Å². The minimum atomic E-state index is -0.109. The largest absolute Gasteiger partial charge is 0.456 e. The molecule has 0 radical (unpaired) electrons. The number of hydrogen-bond acceptors (Lipinski definition) is 2. The molecule has 56 heavy (non-hydrogen) atoms. The van der Waals surface area contributed by atoms with E-state index in [-0.39, 0.29) is 20.3 Å². The molecule has 3 heteroatoms. The molecule has 0 fully saturated rings. The molecule has 0 atom stereocenters. The molecule has 3 nitrogen and oxygen atoms in total. The van der Waals surface area contributed by atoms with Crippen LogP contribution in [0.1, 0.15) is 39.8 Å². The summed E-state index contributed by atoms with van der Waals surface area (Å²) in [5, 5.41) is 4.68. The van der Waals surface area contributed by atoms with Gasteiger partial charge in [0.05, 0.1) is 22.1 Å². The Morgan fingerprint density at radius 2 is 1.12 bits per heavy atom. The number of anilines is 3. The van der Waals surface area contributed by atoms with Crippen LogP contribution in [0.25, 0.3) is 71.7 Å². The van der Waals surface area contributed by atoms with E-state index in [1.165, 1.54) is 49.6 Å². The van der Waals surface area contributed by atoms with Crippen LogP contribution in [0.3, 0.4) is 0 Å². The van der Waals surface area contributed by atoms with Crippen molar-refractivity contribution in [3.63, 3.8) is 0 Å². The Bertz CT molecular complexity index is 3080. The monoisotopic (exact) mass is 724 g/mol. The summed E-state index contributed by atoms with van der Waals surface area (Å²) in [7, 11) is 0. The minimum Gasteiger partial charge on any atom is -0.456 e. The smallest absolute Gasteiger partial charge is 0.137 e. The maximum Gasteiger partial charge on any atom is 0.137 e. The van der Waals surface area contributed by atoms with Crippen LogP contribution in [0.4, 0.5) is 17.1 Å². The third kappa shape index (κ3) is 5.12. The van der Waals surface area contributed by atoms with Gasteiger partial charge in [-0.25, -0.2) is 0 Å². The molecule has 0 saturated carbocycles. The van der Waals surface area contributed by atoms with E-state index in [4.69, 9.17) is 4.42 Å². The molecule has 10 aromatic rings. The van der Waals surface area contributed by atoms with Gasteiger partial charge >= 0.3 is 0 Å². The van der Waals surface area contributed by atoms with Crippen molar-refractivity contribution >= 4 is 60.8 Å². The van der Waals surface area contributed by atoms with Crippen LogP contribution in [0.5, 0.6) is 0 Å². The van der Waals surface area contributed by atoms with Crippen LogP contribution in [0, 0.1) is 0 Å². The van der Waals surface area contributed by atoms with Crippen molar-refractivity contribution in [2.45, 2.75) is 34.1 Å². The summed E-state index contributed by atoms with van der Waals surface area (Å²) in [4.78, 5) is 2.40. The Labute approximate surface area is 328 Å². The molecule has 2 heterocycles. The number of para-hydroxylation sites is 3. The first-order valence-electron chi connectivity index (χ1n) is 18.7. The van der Waals surface area contributed by atoms with Gasteiger partial charge in [0.2, 0.25) is 0 Å². The SMILES string of the molecule is C.C.CC1(C)c2ccccc2-c2ccc(N(c3ccccc3)c3cccc4oc5ccc(-c6ccc7c(c6)c6ccccc6n7-c6ccccc6)cc5c34)cc21. The summed E-state index contributed by atoms with van der Waals surface area (Å²) in [6.45, 7) is 4.69. The van der Waals surface area contributed by atoms with Crippen molar-refractivity contribution in [1.82, 2.24) is 4.57 Å². The molecule has 1 aliphatic carbocycles. The molecule has 0 amide bonds. The fourth-order valence-corrected chi connectivity index (χ4v) is 9.02. The van der Waals surface area contributed by atoms with E-state index in [0.717, 1.165) is 50.3 Å². The molecule has 1 aliphatic rings. The number of furan rings is 1. The van der Waals surface area contributed by atoms with Gasteiger partial charge in [0.25, 0.3) is 0 Å². The molecule has 272 valence electrons. The van der Waals surface area contributed by atoms with Gasteiger partial charge in [-0.3, -0.25) is 0 Å². The zero-order valence-corrected chi connectivity index (χ0v) is 30.1. The first-order valence-corrected chi connectivity index (χ1v) is 18.7. The van der Waals surface area contributed by atoms with E-state index in [1.54, 1.807) is 0 Å². The third-order valence-corrected chi connectivity index (χ3v) is 11.6. The lowest BCUT2D eigenvalue weighted by molar-refractivity contribution is 0.660. The van der Waals surface area contributed by atoms with E-state index in [2.05, 4.69) is 205 Å². The number of aromatic nitrogens is 1. The van der Waals surface area contributed by atoms with Crippen LogP contribution in [0.15, 0.2) is 186 Å². The first-order chi connectivity index (χ1) is 26.5. The highest BCUT2D eigenvalue weighted by atomic mass is 16.3. The van der Waals surface area contributed by atoms with Crippen molar-refractivity contribution in [1.29, 1.82) is 0 Å². The molecular weight excluding hydrogens is 681 g/mol. The summed E-state index contributed by atoms with van der Waals surface area (Å²) in [5.74, 6) is 0. The van der Waals surface area contributed by atoms with Gasteiger partial charge in [0.15, 0.2) is 0 Å². The average molecular weight is 725 g/mol. The van der Waals surface area contributed by atoms with Gasteiger partial charge in [-0.15, -0.1) is 0 Å². The van der Waals surface area contributed by atoms with Gasteiger partial charge in [-0.05, 0) is 112 Å². The number of hydrogen-bond donors (Lipinski definition) is 0. The van der Waals surface area contributed by atoms with Crippen LogP contribution >= 0.6 is 0 Å². The molecule has 0 saturated heterocycles. The highest BCUT2D eigenvalue weighted by Gasteiger charge is 2.36. The maximum absolute atomic E-state index is 6.61. The van der Waals surface area contributed by atoms with Gasteiger partial charge in [-0.1, -0.05) is 132 Å². The predicted octanol–water partition coefficient (Wildman–Crippen LogP) is 15.4. The molecule has 0 aliphatic heterocycles. The first kappa shape index (κ1) is 34.9. The summed E-state index contributed by atoms with van der Waals surface area (Å²) >= 11 is 0. The van der Waals surface area contributed by atoms with Crippen LogP contribution in [0.2, 0.25) is 0 Å². The molecule has 0 bridgehead atoms. The second-order valence-electron chi connectivity index (χ2n) is 15.0. The second kappa shape index (κ2) is 13.2. The third-order valence-electron chi connectivity index (χ3n) is 11.6. The normalized spacial score (nSPS) is 12.7. The van der Waals surface area contributed by atoms with Gasteiger partial charge in [0.1, 0.15) is 11.2 Å². The van der Waals surface area contributed by atoms with Crippen LogP contribution in [-0.4, -0.2) is 4.57 Å². The maximum atomic E-state index is 6.61. The lowest BCUT2D eigenvalue weighted by Crippen LogP contribution is -2.16. The topological polar surface area (TPSA) is 21.3 Å². The Hall–Kier alpha value is -6.84. The Balaban J connectivity index is 0.00000205. The summed E-state index contributed by atoms with van der Waals surface area (Å²) < 4.78 is 8.97. The molecule has 8 aromatic carbocycles. The molecule has 0 unspecified atom stereocenters. The van der Waals surface area contributed by atoms with E-state index in [1.807, 2.05) is 0 Å². The zero-order valence-electron chi connectivity index (χ0n) is 30.1. The highest BCUT2D eigenvalue weighted by molar-refractivity contribution is 6.15. The predicted molar refractivity (Wildman–Crippen MR) is 239 cm³/mol. The summed E-state index contributed by atoms with van der Waals surface area (Å²) in [6.07, 6.45) is 0. The van der Waals surface area contributed by atoms with Crippen LogP contribution < -0.4 is 4.90 Å². The molecule has 11 rings (SSSR count). The molecule has 0 N–H and O–H groups in total. The lowest BCUT2D eigenvalue weighted by Gasteiger charge is -2.28. The standard InChI is InChI=1S/C51H36N2O.2CH4/c1-51(2)43-20-11-9-18-38(43)39-27-26-37(32-44(39)51)52(35-14-5-3-6-15-35)47-22-13-23-49-50(47)42-31-34(25-29-48(42)54-49)33-24-28-46-41(30-33)40-19-10-12-21-45(40)53(46)36-16-7-4-8-17-36;;/h3-32H,1-2H3;2*1H4. The highest BCUT2D eigenvalue weighted by Crippen LogP contribution is 2.51. The van der Waals surface area contributed by atoms with Crippen molar-refractivity contribution in [2.75, 3.05) is 4.90 Å². The van der Waals surface area contributed by atoms with E-state index in [0.29, 0.717) is 0 Å². The molecular formula is C53H44N2O. The minimum absolute atomic E-state index is 0. The number of nitrogens with zero attached hydrogens (tertiary/aromatic N) is 2. The molecule has 0 spiro atoms. The Kier molecular flexibility index (Phi) is 8.21. The van der Waals surface area contributed by atoms with Crippen molar-refractivity contribution in [2.24, 2.45) is 0 Å². The van der Waals surface area contributed by atoms with Crippen molar-refractivity contribution < 1.29 is 4.42 Å². The van der Waals surface area contributed by atoms with Gasteiger partial charge in [-0.2, -0.15) is 0 Å². The summed E-state index contributed by atoms with van der Waals surface area (Å²) in [5.41, 5.74) is 16.2. The van der Waals surface area contributed by atoms with Crippen LogP contribution in [-0.2, 0) is 5.41 Å². The number of rotatable bonds is 5. The lowest BCUT2D eigenvalue weighted by atomic mass is 9.82. The summed E-state index contributed by atoms with van der Waals surface area (Å²) in [6, 6.07) is 65.8. The van der Waals surface area contributed by atoms with E-state index in [9.17, 15) is 0 Å². The number of fused-ring (bicyclic) bond motifs is 9. The van der Waals surface area contributed by atoms with Gasteiger partial charge < -0.3 is 13.9 Å². The average Bonchev–Trinajstić information content (AvgIpc) is 3.84. The van der Waals surface area contributed by atoms with Crippen molar-refractivity contribution in [3.05, 3.63) is 193 Å². The molecule has 2 aromatic heterocycles. The Morgan fingerprint density at radius 3 is 1.95 bits per heavy atom. The Morgan fingerprint density at radius 1 is 0.464 bits per heavy atom. The van der Waals surface area contributed by atoms with Crippen molar-refractivity contribution in [3.8, 4) is 27.9 Å². The van der Waals surface area contributed by atoms with E-state index < -0.39 is 0 Å². The fourth-order valence-electron chi connectivity index (χ4n) is 9.02.